The molecule has 0 aliphatic carbocycles. The lowest BCUT2D eigenvalue weighted by Gasteiger charge is -2.15. The van der Waals surface area contributed by atoms with E-state index in [-0.39, 0.29) is 25.0 Å². The van der Waals surface area contributed by atoms with E-state index < -0.39 is 5.97 Å². The zero-order valence-corrected chi connectivity index (χ0v) is 13.6. The third-order valence-corrected chi connectivity index (χ3v) is 3.96. The van der Waals surface area contributed by atoms with E-state index in [0.717, 1.165) is 0 Å². The molecule has 1 aliphatic rings. The fourth-order valence-corrected chi connectivity index (χ4v) is 2.63. The standard InChI is InChI=1S/C20H17NO4/c1-14(11-12-25-20(24)15-7-3-2-4-8-15)13-21-18(22)16-9-5-6-10-17(16)19(21)23/h2-10H,1,11-13H2. The number of hydrogen-bond donors (Lipinski definition) is 0. The smallest absolute Gasteiger partial charge is 0.338 e. The molecule has 126 valence electrons. The van der Waals surface area contributed by atoms with Crippen LogP contribution < -0.4 is 0 Å². The van der Waals surface area contributed by atoms with Crippen molar-refractivity contribution in [1.29, 1.82) is 0 Å². The first kappa shape index (κ1) is 16.6. The van der Waals surface area contributed by atoms with Gasteiger partial charge in [0.1, 0.15) is 0 Å². The monoisotopic (exact) mass is 335 g/mol. The van der Waals surface area contributed by atoms with Gasteiger partial charge in [0.05, 0.1) is 29.8 Å². The fraction of sp³-hybridized carbons (Fsp3) is 0.150. The third-order valence-electron chi connectivity index (χ3n) is 3.96. The molecule has 0 unspecified atom stereocenters. The summed E-state index contributed by atoms with van der Waals surface area (Å²) < 4.78 is 5.19. The minimum absolute atomic E-state index is 0.120. The van der Waals surface area contributed by atoms with Gasteiger partial charge in [0, 0.05) is 6.42 Å². The van der Waals surface area contributed by atoms with Gasteiger partial charge in [0.25, 0.3) is 11.8 Å². The first-order valence-electron chi connectivity index (χ1n) is 7.92. The first-order valence-corrected chi connectivity index (χ1v) is 7.92. The Bertz CT molecular complexity index is 807. The predicted octanol–water partition coefficient (Wildman–Crippen LogP) is 3.09. The number of ether oxygens (including phenoxy) is 1. The van der Waals surface area contributed by atoms with E-state index in [4.69, 9.17) is 4.74 Å². The van der Waals surface area contributed by atoms with Crippen molar-refractivity contribution in [2.45, 2.75) is 6.42 Å². The summed E-state index contributed by atoms with van der Waals surface area (Å²) in [7, 11) is 0. The van der Waals surface area contributed by atoms with Gasteiger partial charge in [0.2, 0.25) is 0 Å². The van der Waals surface area contributed by atoms with Crippen molar-refractivity contribution < 1.29 is 19.1 Å². The second-order valence-corrected chi connectivity index (χ2v) is 5.74. The van der Waals surface area contributed by atoms with Crippen LogP contribution in [0.5, 0.6) is 0 Å². The summed E-state index contributed by atoms with van der Waals surface area (Å²) in [5, 5.41) is 0. The molecule has 1 aliphatic heterocycles. The first-order chi connectivity index (χ1) is 12.1. The van der Waals surface area contributed by atoms with Crippen molar-refractivity contribution in [3.8, 4) is 0 Å². The highest BCUT2D eigenvalue weighted by Crippen LogP contribution is 2.23. The average molecular weight is 335 g/mol. The van der Waals surface area contributed by atoms with Crippen molar-refractivity contribution in [2.75, 3.05) is 13.2 Å². The van der Waals surface area contributed by atoms with Crippen LogP contribution in [0.1, 0.15) is 37.5 Å². The third kappa shape index (κ3) is 3.50. The van der Waals surface area contributed by atoms with Gasteiger partial charge < -0.3 is 4.74 Å². The molecule has 25 heavy (non-hydrogen) atoms. The van der Waals surface area contributed by atoms with E-state index in [9.17, 15) is 14.4 Å². The van der Waals surface area contributed by atoms with Crippen LogP contribution in [0, 0.1) is 0 Å². The number of carbonyl (C=O) groups is 3. The second kappa shape index (κ2) is 7.13. The van der Waals surface area contributed by atoms with Crippen molar-refractivity contribution in [3.63, 3.8) is 0 Å². The Kier molecular flexibility index (Phi) is 4.75. The number of rotatable bonds is 6. The SMILES string of the molecule is C=C(CCOC(=O)c1ccccc1)CN1C(=O)c2ccccc2C1=O. The molecule has 0 bridgehead atoms. The van der Waals surface area contributed by atoms with E-state index in [1.54, 1.807) is 48.5 Å². The largest absolute Gasteiger partial charge is 0.462 e. The number of amides is 2. The second-order valence-electron chi connectivity index (χ2n) is 5.74. The number of nitrogens with zero attached hydrogens (tertiary/aromatic N) is 1. The highest BCUT2D eigenvalue weighted by atomic mass is 16.5. The zero-order valence-electron chi connectivity index (χ0n) is 13.6. The van der Waals surface area contributed by atoms with E-state index in [2.05, 4.69) is 6.58 Å². The Balaban J connectivity index is 1.51. The molecule has 0 saturated heterocycles. The number of imide groups is 1. The van der Waals surface area contributed by atoms with Crippen molar-refractivity contribution in [3.05, 3.63) is 83.4 Å². The molecule has 0 spiro atoms. The molecule has 1 heterocycles. The molecule has 3 rings (SSSR count). The van der Waals surface area contributed by atoms with E-state index in [1.165, 1.54) is 4.90 Å². The highest BCUT2D eigenvalue weighted by Gasteiger charge is 2.34. The Morgan fingerprint density at radius 3 is 2.08 bits per heavy atom. The lowest BCUT2D eigenvalue weighted by atomic mass is 10.1. The maximum Gasteiger partial charge on any atom is 0.338 e. The van der Waals surface area contributed by atoms with Gasteiger partial charge in [-0.2, -0.15) is 0 Å². The van der Waals surface area contributed by atoms with E-state index >= 15 is 0 Å². The molecule has 0 atom stereocenters. The zero-order chi connectivity index (χ0) is 17.8. The highest BCUT2D eigenvalue weighted by molar-refractivity contribution is 6.21. The van der Waals surface area contributed by atoms with Gasteiger partial charge in [-0.25, -0.2) is 4.79 Å². The number of hydrogen-bond acceptors (Lipinski definition) is 4. The van der Waals surface area contributed by atoms with Crippen molar-refractivity contribution in [2.24, 2.45) is 0 Å². The van der Waals surface area contributed by atoms with Gasteiger partial charge in [-0.3, -0.25) is 14.5 Å². The van der Waals surface area contributed by atoms with Crippen LogP contribution in [-0.2, 0) is 4.74 Å². The predicted molar refractivity (Wildman–Crippen MR) is 92.3 cm³/mol. The Morgan fingerprint density at radius 1 is 0.920 bits per heavy atom. The molecule has 0 fully saturated rings. The van der Waals surface area contributed by atoms with Crippen LogP contribution >= 0.6 is 0 Å². The molecule has 5 nitrogen and oxygen atoms in total. The summed E-state index contributed by atoms with van der Waals surface area (Å²) in [5.74, 6) is -1.04. The van der Waals surface area contributed by atoms with Gasteiger partial charge in [-0.05, 0) is 24.3 Å². The molecular formula is C20H17NO4. The van der Waals surface area contributed by atoms with Crippen molar-refractivity contribution >= 4 is 17.8 Å². The topological polar surface area (TPSA) is 63.7 Å². The van der Waals surface area contributed by atoms with Gasteiger partial charge in [-0.1, -0.05) is 42.5 Å². The maximum atomic E-state index is 12.3. The molecule has 2 aromatic rings. The number of carbonyl (C=O) groups excluding carboxylic acids is 3. The summed E-state index contributed by atoms with van der Waals surface area (Å²) >= 11 is 0. The Hall–Kier alpha value is -3.21. The lowest BCUT2D eigenvalue weighted by molar-refractivity contribution is 0.0502. The van der Waals surface area contributed by atoms with Gasteiger partial charge >= 0.3 is 5.97 Å². The molecule has 5 heteroatoms. The number of fused-ring (bicyclic) bond motifs is 1. The van der Waals surface area contributed by atoms with Crippen LogP contribution in [0.4, 0.5) is 0 Å². The van der Waals surface area contributed by atoms with E-state index in [0.29, 0.717) is 28.7 Å². The quantitative estimate of drug-likeness (QED) is 0.462. The molecule has 0 aromatic heterocycles. The van der Waals surface area contributed by atoms with Gasteiger partial charge in [-0.15, -0.1) is 0 Å². The Labute approximate surface area is 145 Å². The molecule has 2 aromatic carbocycles. The summed E-state index contributed by atoms with van der Waals surface area (Å²) in [5.41, 5.74) is 1.95. The minimum atomic E-state index is -0.408. The molecular weight excluding hydrogens is 318 g/mol. The molecule has 0 radical (unpaired) electrons. The maximum absolute atomic E-state index is 12.3. The van der Waals surface area contributed by atoms with Crippen LogP contribution in [-0.4, -0.2) is 35.8 Å². The van der Waals surface area contributed by atoms with Crippen molar-refractivity contribution in [1.82, 2.24) is 4.90 Å². The summed E-state index contributed by atoms with van der Waals surface area (Å²) in [4.78, 5) is 37.6. The molecule has 2 amide bonds. The molecule has 0 saturated carbocycles. The lowest BCUT2D eigenvalue weighted by Crippen LogP contribution is -2.31. The number of benzene rings is 2. The van der Waals surface area contributed by atoms with Crippen LogP contribution in [0.3, 0.4) is 0 Å². The van der Waals surface area contributed by atoms with Gasteiger partial charge in [0.15, 0.2) is 0 Å². The minimum Gasteiger partial charge on any atom is -0.462 e. The fourth-order valence-electron chi connectivity index (χ4n) is 2.63. The summed E-state index contributed by atoms with van der Waals surface area (Å²) in [6, 6.07) is 15.4. The normalized spacial score (nSPS) is 12.9. The van der Waals surface area contributed by atoms with E-state index in [1.807, 2.05) is 6.07 Å². The average Bonchev–Trinajstić information content (AvgIpc) is 2.88. The van der Waals surface area contributed by atoms with Crippen LogP contribution in [0.15, 0.2) is 66.7 Å². The van der Waals surface area contributed by atoms with Crippen LogP contribution in [0.2, 0.25) is 0 Å². The Morgan fingerprint density at radius 2 is 1.48 bits per heavy atom. The molecule has 0 N–H and O–H groups in total. The summed E-state index contributed by atoms with van der Waals surface area (Å²) in [6.07, 6.45) is 0.381. The van der Waals surface area contributed by atoms with Crippen LogP contribution in [0.25, 0.3) is 0 Å². The summed E-state index contributed by atoms with van der Waals surface area (Å²) in [6.45, 7) is 4.15. The number of esters is 1.